The highest BCUT2D eigenvalue weighted by atomic mass is 16.1. The smallest absolute Gasteiger partial charge is 0.271 e. The zero-order valence-corrected chi connectivity index (χ0v) is 13.4. The summed E-state index contributed by atoms with van der Waals surface area (Å²) in [5.74, 6) is 1.60. The Morgan fingerprint density at radius 3 is 2.45 bits per heavy atom. The number of anilines is 1. The first-order valence-corrected chi connectivity index (χ1v) is 8.60. The van der Waals surface area contributed by atoms with Gasteiger partial charge in [-0.25, -0.2) is 9.97 Å². The number of hydrogen-bond acceptors (Lipinski definition) is 4. The molecule has 0 aromatic carbocycles. The van der Waals surface area contributed by atoms with Crippen LogP contribution in [-0.4, -0.2) is 35.0 Å². The van der Waals surface area contributed by atoms with E-state index < -0.39 is 0 Å². The lowest BCUT2D eigenvalue weighted by Crippen LogP contribution is -2.37. The highest BCUT2D eigenvalue weighted by Crippen LogP contribution is 2.21. The third-order valence-corrected chi connectivity index (χ3v) is 4.92. The first-order chi connectivity index (χ1) is 10.7. The van der Waals surface area contributed by atoms with Gasteiger partial charge in [0.05, 0.1) is 12.4 Å². The number of rotatable bonds is 3. The maximum Gasteiger partial charge on any atom is 0.271 e. The SMILES string of the molecule is CC1CCN(c2cnc(C(=O)NC3CCCCC3)cn2)CC1. The van der Waals surface area contributed by atoms with E-state index in [1.807, 2.05) is 0 Å². The van der Waals surface area contributed by atoms with Crippen molar-refractivity contribution in [1.82, 2.24) is 15.3 Å². The van der Waals surface area contributed by atoms with E-state index in [0.717, 1.165) is 37.7 Å². The zero-order valence-electron chi connectivity index (χ0n) is 13.4. The minimum absolute atomic E-state index is 0.0850. The molecule has 5 heteroatoms. The first-order valence-electron chi connectivity index (χ1n) is 8.60. The fourth-order valence-corrected chi connectivity index (χ4v) is 3.35. The summed E-state index contributed by atoms with van der Waals surface area (Å²) in [5, 5.41) is 3.08. The number of aromatic nitrogens is 2. The monoisotopic (exact) mass is 302 g/mol. The van der Waals surface area contributed by atoms with Crippen LogP contribution in [0.25, 0.3) is 0 Å². The Labute approximate surface area is 132 Å². The predicted molar refractivity (Wildman–Crippen MR) is 87.0 cm³/mol. The Bertz CT molecular complexity index is 488. The van der Waals surface area contributed by atoms with E-state index in [-0.39, 0.29) is 5.91 Å². The van der Waals surface area contributed by atoms with Crippen LogP contribution in [0.2, 0.25) is 0 Å². The maximum atomic E-state index is 12.2. The minimum Gasteiger partial charge on any atom is -0.355 e. The molecule has 1 aliphatic carbocycles. The number of amides is 1. The molecule has 1 aromatic heterocycles. The summed E-state index contributed by atoms with van der Waals surface area (Å²) in [6, 6.07) is 0.311. The summed E-state index contributed by atoms with van der Waals surface area (Å²) >= 11 is 0. The molecule has 1 N–H and O–H groups in total. The number of nitrogens with one attached hydrogen (secondary N) is 1. The van der Waals surface area contributed by atoms with Crippen molar-refractivity contribution < 1.29 is 4.79 Å². The molecular weight excluding hydrogens is 276 g/mol. The van der Waals surface area contributed by atoms with Crippen molar-refractivity contribution in [3.63, 3.8) is 0 Å². The molecule has 0 unspecified atom stereocenters. The summed E-state index contributed by atoms with van der Waals surface area (Å²) in [6.45, 7) is 4.36. The molecule has 3 rings (SSSR count). The standard InChI is InChI=1S/C17H26N4O/c1-13-7-9-21(10-8-13)16-12-18-15(11-19-16)17(22)20-14-5-3-2-4-6-14/h11-14H,2-10H2,1H3,(H,20,22). The second-order valence-electron chi connectivity index (χ2n) is 6.74. The van der Waals surface area contributed by atoms with E-state index in [0.29, 0.717) is 11.7 Å². The van der Waals surface area contributed by atoms with Crippen LogP contribution in [0.5, 0.6) is 0 Å². The quantitative estimate of drug-likeness (QED) is 0.933. The van der Waals surface area contributed by atoms with Crippen LogP contribution in [0, 0.1) is 5.92 Å². The van der Waals surface area contributed by atoms with Crippen LogP contribution in [0.4, 0.5) is 5.82 Å². The third kappa shape index (κ3) is 3.76. The van der Waals surface area contributed by atoms with Crippen LogP contribution in [0.1, 0.15) is 62.4 Å². The molecule has 1 aliphatic heterocycles. The number of nitrogens with zero attached hydrogens (tertiary/aromatic N) is 3. The van der Waals surface area contributed by atoms with Gasteiger partial charge in [0.15, 0.2) is 0 Å². The lowest BCUT2D eigenvalue weighted by Gasteiger charge is -2.30. The zero-order chi connectivity index (χ0) is 15.4. The molecule has 0 spiro atoms. The van der Waals surface area contributed by atoms with Crippen LogP contribution < -0.4 is 10.2 Å². The Morgan fingerprint density at radius 1 is 1.09 bits per heavy atom. The summed E-state index contributed by atoms with van der Waals surface area (Å²) in [4.78, 5) is 23.2. The minimum atomic E-state index is -0.0850. The van der Waals surface area contributed by atoms with Crippen LogP contribution in [0.15, 0.2) is 12.4 Å². The van der Waals surface area contributed by atoms with Gasteiger partial charge in [-0.05, 0) is 31.6 Å². The molecule has 0 atom stereocenters. The van der Waals surface area contributed by atoms with E-state index in [4.69, 9.17) is 0 Å². The van der Waals surface area contributed by atoms with Crippen molar-refractivity contribution in [2.24, 2.45) is 5.92 Å². The average Bonchev–Trinajstić information content (AvgIpc) is 2.57. The van der Waals surface area contributed by atoms with Crippen LogP contribution >= 0.6 is 0 Å². The third-order valence-electron chi connectivity index (χ3n) is 4.92. The van der Waals surface area contributed by atoms with Gasteiger partial charge in [-0.1, -0.05) is 26.2 Å². The van der Waals surface area contributed by atoms with Crippen molar-refractivity contribution in [3.05, 3.63) is 18.1 Å². The Kier molecular flexibility index (Phi) is 4.90. The molecule has 5 nitrogen and oxygen atoms in total. The molecule has 0 bridgehead atoms. The van der Waals surface area contributed by atoms with Crippen molar-refractivity contribution in [2.45, 2.75) is 57.9 Å². The van der Waals surface area contributed by atoms with E-state index >= 15 is 0 Å². The molecule has 1 saturated heterocycles. The first kappa shape index (κ1) is 15.3. The molecule has 22 heavy (non-hydrogen) atoms. The molecule has 1 aromatic rings. The Morgan fingerprint density at radius 2 is 1.82 bits per heavy atom. The van der Waals surface area contributed by atoms with Gasteiger partial charge in [-0.3, -0.25) is 4.79 Å². The predicted octanol–water partition coefficient (Wildman–Crippen LogP) is 2.78. The summed E-state index contributed by atoms with van der Waals surface area (Å²) in [5.41, 5.74) is 0.430. The summed E-state index contributed by atoms with van der Waals surface area (Å²) in [6.07, 6.45) is 11.6. The van der Waals surface area contributed by atoms with E-state index in [1.165, 1.54) is 32.1 Å². The van der Waals surface area contributed by atoms with Crippen molar-refractivity contribution in [3.8, 4) is 0 Å². The van der Waals surface area contributed by atoms with E-state index in [1.54, 1.807) is 12.4 Å². The van der Waals surface area contributed by atoms with Crippen LogP contribution in [-0.2, 0) is 0 Å². The summed E-state index contributed by atoms with van der Waals surface area (Å²) in [7, 11) is 0. The molecule has 0 radical (unpaired) electrons. The molecule has 120 valence electrons. The van der Waals surface area contributed by atoms with Gasteiger partial charge in [0.2, 0.25) is 0 Å². The Hall–Kier alpha value is -1.65. The maximum absolute atomic E-state index is 12.2. The second kappa shape index (κ2) is 7.07. The normalized spacial score (nSPS) is 20.9. The lowest BCUT2D eigenvalue weighted by molar-refractivity contribution is 0.0922. The van der Waals surface area contributed by atoms with Crippen LogP contribution in [0.3, 0.4) is 0 Å². The fraction of sp³-hybridized carbons (Fsp3) is 0.706. The molecule has 1 saturated carbocycles. The lowest BCUT2D eigenvalue weighted by atomic mass is 9.95. The van der Waals surface area contributed by atoms with E-state index in [2.05, 4.69) is 27.1 Å². The van der Waals surface area contributed by atoms with Gasteiger partial charge >= 0.3 is 0 Å². The molecule has 2 aliphatic rings. The number of hydrogen-bond donors (Lipinski definition) is 1. The topological polar surface area (TPSA) is 58.1 Å². The van der Waals surface area contributed by atoms with Gasteiger partial charge in [-0.15, -0.1) is 0 Å². The van der Waals surface area contributed by atoms with Gasteiger partial charge in [0.1, 0.15) is 11.5 Å². The van der Waals surface area contributed by atoms with Gasteiger partial charge in [-0.2, -0.15) is 0 Å². The number of piperidine rings is 1. The molecule has 2 heterocycles. The van der Waals surface area contributed by atoms with Crippen molar-refractivity contribution in [2.75, 3.05) is 18.0 Å². The van der Waals surface area contributed by atoms with Crippen molar-refractivity contribution >= 4 is 11.7 Å². The molecule has 1 amide bonds. The molecular formula is C17H26N4O. The van der Waals surface area contributed by atoms with Crippen molar-refractivity contribution in [1.29, 1.82) is 0 Å². The highest BCUT2D eigenvalue weighted by Gasteiger charge is 2.19. The van der Waals surface area contributed by atoms with Gasteiger partial charge in [0, 0.05) is 19.1 Å². The number of carbonyl (C=O) groups is 1. The average molecular weight is 302 g/mol. The van der Waals surface area contributed by atoms with Gasteiger partial charge in [0.25, 0.3) is 5.91 Å². The summed E-state index contributed by atoms with van der Waals surface area (Å²) < 4.78 is 0. The Balaban J connectivity index is 1.57. The molecule has 2 fully saturated rings. The fourth-order valence-electron chi connectivity index (χ4n) is 3.35. The van der Waals surface area contributed by atoms with Gasteiger partial charge < -0.3 is 10.2 Å². The largest absolute Gasteiger partial charge is 0.355 e. The van der Waals surface area contributed by atoms with E-state index in [9.17, 15) is 4.79 Å². The second-order valence-corrected chi connectivity index (χ2v) is 6.74. The number of carbonyl (C=O) groups excluding carboxylic acids is 1. The highest BCUT2D eigenvalue weighted by molar-refractivity contribution is 5.92.